The van der Waals surface area contributed by atoms with Crippen LogP contribution < -0.4 is 21.1 Å². The zero-order valence-electron chi connectivity index (χ0n) is 15.4. The van der Waals surface area contributed by atoms with Crippen LogP contribution in [0.2, 0.25) is 0 Å². The minimum Gasteiger partial charge on any atom is -0.490 e. The first kappa shape index (κ1) is 19.3. The molecule has 0 saturated heterocycles. The molecule has 1 aromatic heterocycles. The fourth-order valence-electron chi connectivity index (χ4n) is 3.13. The number of nitrogens with zero attached hydrogens (tertiary/aromatic N) is 3. The lowest BCUT2D eigenvalue weighted by Gasteiger charge is -2.27. The van der Waals surface area contributed by atoms with Gasteiger partial charge < -0.3 is 21.1 Å². The van der Waals surface area contributed by atoms with Gasteiger partial charge in [-0.1, -0.05) is 12.1 Å². The lowest BCUT2D eigenvalue weighted by molar-refractivity contribution is -0.384. The van der Waals surface area contributed by atoms with Crippen LogP contribution in [-0.4, -0.2) is 21.5 Å². The Bertz CT molecular complexity index is 1130. The van der Waals surface area contributed by atoms with Crippen molar-refractivity contribution in [2.24, 2.45) is 0 Å². The molecule has 1 aliphatic rings. The SMILES string of the molecule is Nc1ccc(F)cc1Nc1ncc([N+](=O)[O-])c(NC2CCOc3c(F)cccc32)n1. The number of nitrogens with two attached hydrogens (primary N) is 1. The van der Waals surface area contributed by atoms with Crippen LogP contribution in [0.25, 0.3) is 0 Å². The third-order valence-electron chi connectivity index (χ3n) is 4.56. The highest BCUT2D eigenvalue weighted by molar-refractivity contribution is 5.71. The van der Waals surface area contributed by atoms with Gasteiger partial charge in [0.25, 0.3) is 0 Å². The molecule has 11 heteroatoms. The zero-order valence-corrected chi connectivity index (χ0v) is 15.4. The van der Waals surface area contributed by atoms with Gasteiger partial charge in [-0.2, -0.15) is 4.98 Å². The van der Waals surface area contributed by atoms with Crippen LogP contribution in [0.1, 0.15) is 18.0 Å². The van der Waals surface area contributed by atoms with Crippen molar-refractivity contribution >= 4 is 28.8 Å². The quantitative estimate of drug-likeness (QED) is 0.326. The standard InChI is InChI=1S/C19H16F2N6O3/c20-10-4-5-13(22)15(8-10)25-19-23-9-16(27(28)29)18(26-19)24-14-6-7-30-17-11(14)2-1-3-12(17)21/h1-5,8-9,14H,6-7,22H2,(H2,23,24,25,26). The summed E-state index contributed by atoms with van der Waals surface area (Å²) in [4.78, 5) is 18.9. The highest BCUT2D eigenvalue weighted by Gasteiger charge is 2.27. The lowest BCUT2D eigenvalue weighted by atomic mass is 10.0. The van der Waals surface area contributed by atoms with Crippen LogP contribution in [0.3, 0.4) is 0 Å². The molecule has 30 heavy (non-hydrogen) atoms. The molecule has 1 unspecified atom stereocenters. The second-order valence-electron chi connectivity index (χ2n) is 6.53. The molecule has 0 radical (unpaired) electrons. The van der Waals surface area contributed by atoms with Crippen molar-refractivity contribution in [2.75, 3.05) is 23.0 Å². The maximum atomic E-state index is 14.0. The molecule has 0 saturated carbocycles. The molecule has 0 aliphatic carbocycles. The van der Waals surface area contributed by atoms with Crippen LogP contribution in [0.5, 0.6) is 5.75 Å². The van der Waals surface area contributed by atoms with Crippen LogP contribution in [-0.2, 0) is 0 Å². The van der Waals surface area contributed by atoms with E-state index in [-0.39, 0.29) is 41.2 Å². The van der Waals surface area contributed by atoms with Gasteiger partial charge in [0.1, 0.15) is 12.0 Å². The van der Waals surface area contributed by atoms with Crippen LogP contribution in [0.15, 0.2) is 42.6 Å². The second-order valence-corrected chi connectivity index (χ2v) is 6.53. The van der Waals surface area contributed by atoms with Crippen molar-refractivity contribution in [3.8, 4) is 5.75 Å². The minimum atomic E-state index is -0.630. The van der Waals surface area contributed by atoms with Crippen molar-refractivity contribution in [3.05, 3.63) is 69.9 Å². The van der Waals surface area contributed by atoms with E-state index in [2.05, 4.69) is 20.6 Å². The fraction of sp³-hybridized carbons (Fsp3) is 0.158. The van der Waals surface area contributed by atoms with Gasteiger partial charge >= 0.3 is 5.69 Å². The largest absolute Gasteiger partial charge is 0.490 e. The minimum absolute atomic E-state index is 0.0214. The molecular weight excluding hydrogens is 398 g/mol. The highest BCUT2D eigenvalue weighted by Crippen LogP contribution is 2.37. The molecule has 0 spiro atoms. The number of hydrogen-bond acceptors (Lipinski definition) is 8. The molecule has 154 valence electrons. The fourth-order valence-corrected chi connectivity index (χ4v) is 3.13. The Hall–Kier alpha value is -4.02. The number of nitro groups is 1. The number of ether oxygens (including phenoxy) is 1. The Balaban J connectivity index is 1.67. The van der Waals surface area contributed by atoms with Crippen molar-refractivity contribution < 1.29 is 18.4 Å². The van der Waals surface area contributed by atoms with E-state index in [1.54, 1.807) is 6.07 Å². The second kappa shape index (κ2) is 7.78. The smallest absolute Gasteiger partial charge is 0.329 e. The van der Waals surface area contributed by atoms with E-state index in [1.165, 1.54) is 24.3 Å². The molecule has 1 aliphatic heterocycles. The average Bonchev–Trinajstić information content (AvgIpc) is 2.71. The van der Waals surface area contributed by atoms with Gasteiger partial charge in [-0.25, -0.2) is 13.8 Å². The summed E-state index contributed by atoms with van der Waals surface area (Å²) >= 11 is 0. The van der Waals surface area contributed by atoms with Gasteiger partial charge in [-0.3, -0.25) is 10.1 Å². The van der Waals surface area contributed by atoms with Crippen molar-refractivity contribution in [1.29, 1.82) is 0 Å². The molecule has 9 nitrogen and oxygen atoms in total. The molecule has 1 atom stereocenters. The maximum absolute atomic E-state index is 14.0. The summed E-state index contributed by atoms with van der Waals surface area (Å²) in [6, 6.07) is 7.75. The number of rotatable bonds is 5. The molecule has 3 aromatic rings. The summed E-state index contributed by atoms with van der Waals surface area (Å²) in [7, 11) is 0. The summed E-state index contributed by atoms with van der Waals surface area (Å²) < 4.78 is 32.9. The summed E-state index contributed by atoms with van der Waals surface area (Å²) in [5.74, 6) is -1.03. The molecule has 0 fully saturated rings. The van der Waals surface area contributed by atoms with E-state index < -0.39 is 22.6 Å². The molecule has 2 aromatic carbocycles. The molecule has 4 N–H and O–H groups in total. The molecular formula is C19H16F2N6O3. The van der Waals surface area contributed by atoms with Gasteiger partial charge in [0.2, 0.25) is 11.8 Å². The third kappa shape index (κ3) is 3.77. The average molecular weight is 414 g/mol. The summed E-state index contributed by atoms with van der Waals surface area (Å²) in [5.41, 5.74) is 6.44. The number of nitrogens with one attached hydrogen (secondary N) is 2. The molecule has 2 heterocycles. The lowest BCUT2D eigenvalue weighted by Crippen LogP contribution is -2.22. The van der Waals surface area contributed by atoms with Gasteiger partial charge in [-0.15, -0.1) is 0 Å². The monoisotopic (exact) mass is 414 g/mol. The third-order valence-corrected chi connectivity index (χ3v) is 4.56. The van der Waals surface area contributed by atoms with Crippen molar-refractivity contribution in [2.45, 2.75) is 12.5 Å². The number of benzene rings is 2. The first-order chi connectivity index (χ1) is 14.4. The Labute approximate surface area is 169 Å². The van der Waals surface area contributed by atoms with Gasteiger partial charge in [0.15, 0.2) is 11.6 Å². The predicted molar refractivity (Wildman–Crippen MR) is 106 cm³/mol. The first-order valence-corrected chi connectivity index (χ1v) is 8.93. The molecule has 0 bridgehead atoms. The van der Waals surface area contributed by atoms with E-state index in [1.807, 2.05) is 0 Å². The Morgan fingerprint density at radius 1 is 1.27 bits per heavy atom. The van der Waals surface area contributed by atoms with E-state index in [0.29, 0.717) is 12.0 Å². The number of nitrogen functional groups attached to an aromatic ring is 1. The van der Waals surface area contributed by atoms with E-state index in [4.69, 9.17) is 10.5 Å². The molecule has 4 rings (SSSR count). The van der Waals surface area contributed by atoms with E-state index in [0.717, 1.165) is 12.3 Å². The van der Waals surface area contributed by atoms with Crippen LogP contribution in [0, 0.1) is 21.7 Å². The van der Waals surface area contributed by atoms with E-state index >= 15 is 0 Å². The van der Waals surface area contributed by atoms with Crippen molar-refractivity contribution in [1.82, 2.24) is 9.97 Å². The number of halogens is 2. The maximum Gasteiger partial charge on any atom is 0.329 e. The van der Waals surface area contributed by atoms with Crippen LogP contribution >= 0.6 is 0 Å². The number of aromatic nitrogens is 2. The highest BCUT2D eigenvalue weighted by atomic mass is 19.1. The van der Waals surface area contributed by atoms with Gasteiger partial charge in [0.05, 0.1) is 28.9 Å². The zero-order chi connectivity index (χ0) is 21.3. The first-order valence-electron chi connectivity index (χ1n) is 8.93. The summed E-state index contributed by atoms with van der Waals surface area (Å²) in [5, 5.41) is 17.2. The van der Waals surface area contributed by atoms with Gasteiger partial charge in [0, 0.05) is 12.0 Å². The number of hydrogen-bond donors (Lipinski definition) is 3. The number of anilines is 4. The van der Waals surface area contributed by atoms with Crippen LogP contribution in [0.4, 0.5) is 37.6 Å². The summed E-state index contributed by atoms with van der Waals surface area (Å²) in [6.07, 6.45) is 1.47. The normalized spacial score (nSPS) is 15.1. The van der Waals surface area contributed by atoms with Gasteiger partial charge in [-0.05, 0) is 24.3 Å². The Morgan fingerprint density at radius 2 is 2.10 bits per heavy atom. The number of para-hydroxylation sites is 1. The Kier molecular flexibility index (Phi) is 5.00. The van der Waals surface area contributed by atoms with Crippen molar-refractivity contribution in [3.63, 3.8) is 0 Å². The molecule has 0 amide bonds. The topological polar surface area (TPSA) is 128 Å². The predicted octanol–water partition coefficient (Wildman–Crippen LogP) is 3.92. The van der Waals surface area contributed by atoms with E-state index in [9.17, 15) is 18.9 Å². The summed E-state index contributed by atoms with van der Waals surface area (Å²) in [6.45, 7) is 0.232. The number of fused-ring (bicyclic) bond motifs is 1. The Morgan fingerprint density at radius 3 is 2.90 bits per heavy atom.